The first kappa shape index (κ1) is 14.2. The van der Waals surface area contributed by atoms with Crippen LogP contribution in [0.1, 0.15) is 26.4 Å². The van der Waals surface area contributed by atoms with E-state index in [2.05, 4.69) is 21.2 Å². The Morgan fingerprint density at radius 2 is 2.05 bits per heavy atom. The topological polar surface area (TPSA) is 46.2 Å². The molecule has 0 saturated carbocycles. The lowest BCUT2D eigenvalue weighted by Crippen LogP contribution is -2.05. The van der Waals surface area contributed by atoms with Crippen molar-refractivity contribution in [1.29, 1.82) is 0 Å². The molecule has 1 aromatic heterocycles. The minimum atomic E-state index is -0.220. The second kappa shape index (κ2) is 5.24. The van der Waals surface area contributed by atoms with E-state index in [1.54, 1.807) is 6.07 Å². The van der Waals surface area contributed by atoms with E-state index in [-0.39, 0.29) is 11.7 Å². The van der Waals surface area contributed by atoms with E-state index in [0.29, 0.717) is 10.5 Å². The molecule has 21 heavy (non-hydrogen) atoms. The molecule has 1 aliphatic rings. The number of hydrogen-bond acceptors (Lipinski definition) is 3. The highest BCUT2D eigenvalue weighted by molar-refractivity contribution is 9.11. The fourth-order valence-electron chi connectivity index (χ4n) is 2.44. The highest BCUT2D eigenvalue weighted by Crippen LogP contribution is 2.35. The standard InChI is InChI=1S/C16H12BrNO2S/c1-8-5-9(2)15-10(6-8)11(16(20)18-15)7-12(19)13-3-4-14(17)21-13/h3-7H,1-2H3,(H,18,20)/b11-7-. The summed E-state index contributed by atoms with van der Waals surface area (Å²) in [6, 6.07) is 7.53. The molecule has 3 rings (SSSR count). The Morgan fingerprint density at radius 1 is 1.29 bits per heavy atom. The summed E-state index contributed by atoms with van der Waals surface area (Å²) in [6.07, 6.45) is 1.43. The van der Waals surface area contributed by atoms with Gasteiger partial charge in [0.15, 0.2) is 5.78 Å². The van der Waals surface area contributed by atoms with Gasteiger partial charge >= 0.3 is 0 Å². The van der Waals surface area contributed by atoms with Crippen LogP contribution in [0.5, 0.6) is 0 Å². The number of nitrogens with one attached hydrogen (secondary N) is 1. The molecule has 1 amide bonds. The molecule has 5 heteroatoms. The minimum Gasteiger partial charge on any atom is -0.321 e. The van der Waals surface area contributed by atoms with Crippen LogP contribution in [0.4, 0.5) is 5.69 Å². The molecule has 1 N–H and O–H groups in total. The molecule has 2 aromatic rings. The van der Waals surface area contributed by atoms with E-state index in [1.165, 1.54) is 17.4 Å². The number of amides is 1. The van der Waals surface area contributed by atoms with Gasteiger partial charge in [-0.1, -0.05) is 11.6 Å². The van der Waals surface area contributed by atoms with Crippen molar-refractivity contribution in [2.24, 2.45) is 0 Å². The lowest BCUT2D eigenvalue weighted by Gasteiger charge is -2.04. The van der Waals surface area contributed by atoms with Crippen LogP contribution in [0, 0.1) is 13.8 Å². The molecule has 0 bridgehead atoms. The summed E-state index contributed by atoms with van der Waals surface area (Å²) < 4.78 is 0.896. The maximum Gasteiger partial charge on any atom is 0.256 e. The molecule has 0 atom stereocenters. The van der Waals surface area contributed by atoms with E-state index < -0.39 is 0 Å². The third-order valence-electron chi connectivity index (χ3n) is 3.34. The Morgan fingerprint density at radius 3 is 2.71 bits per heavy atom. The molecule has 0 unspecified atom stereocenters. The number of allylic oxidation sites excluding steroid dienone is 1. The van der Waals surface area contributed by atoms with Gasteiger partial charge in [-0.25, -0.2) is 0 Å². The number of rotatable bonds is 2. The van der Waals surface area contributed by atoms with E-state index in [9.17, 15) is 9.59 Å². The van der Waals surface area contributed by atoms with Crippen molar-refractivity contribution in [2.45, 2.75) is 13.8 Å². The van der Waals surface area contributed by atoms with Crippen molar-refractivity contribution in [2.75, 3.05) is 5.32 Å². The van der Waals surface area contributed by atoms with Gasteiger partial charge in [0.25, 0.3) is 5.91 Å². The summed E-state index contributed by atoms with van der Waals surface area (Å²) >= 11 is 4.70. The van der Waals surface area contributed by atoms with Gasteiger partial charge < -0.3 is 5.32 Å². The van der Waals surface area contributed by atoms with Crippen LogP contribution in [0.15, 0.2) is 34.1 Å². The van der Waals surface area contributed by atoms with Crippen molar-refractivity contribution in [3.05, 3.63) is 55.7 Å². The maximum atomic E-state index is 12.3. The van der Waals surface area contributed by atoms with Gasteiger partial charge in [0.2, 0.25) is 0 Å². The van der Waals surface area contributed by atoms with Crippen LogP contribution >= 0.6 is 27.3 Å². The second-order valence-electron chi connectivity index (χ2n) is 4.98. The van der Waals surface area contributed by atoms with Gasteiger partial charge in [-0.15, -0.1) is 11.3 Å². The number of hydrogen-bond donors (Lipinski definition) is 1. The van der Waals surface area contributed by atoms with Crippen LogP contribution < -0.4 is 5.32 Å². The number of halogens is 1. The summed E-state index contributed by atoms with van der Waals surface area (Å²) in [5.74, 6) is -0.370. The first-order chi connectivity index (χ1) is 9.95. The van der Waals surface area contributed by atoms with E-state index >= 15 is 0 Å². The van der Waals surface area contributed by atoms with Gasteiger partial charge in [-0.2, -0.15) is 0 Å². The number of fused-ring (bicyclic) bond motifs is 1. The summed E-state index contributed by atoms with van der Waals surface area (Å²) in [7, 11) is 0. The predicted molar refractivity (Wildman–Crippen MR) is 88.9 cm³/mol. The van der Waals surface area contributed by atoms with Gasteiger partial charge in [0.05, 0.1) is 19.9 Å². The minimum absolute atomic E-state index is 0.150. The zero-order chi connectivity index (χ0) is 15.1. The fraction of sp³-hybridized carbons (Fsp3) is 0.125. The molecule has 3 nitrogen and oxygen atoms in total. The molecule has 2 heterocycles. The van der Waals surface area contributed by atoms with Crippen molar-refractivity contribution in [3.8, 4) is 0 Å². The zero-order valence-corrected chi connectivity index (χ0v) is 13.9. The van der Waals surface area contributed by atoms with Gasteiger partial charge in [-0.3, -0.25) is 9.59 Å². The first-order valence-corrected chi connectivity index (χ1v) is 8.01. The number of ketones is 1. The molecular formula is C16H12BrNO2S. The van der Waals surface area contributed by atoms with Gasteiger partial charge in [0.1, 0.15) is 0 Å². The Labute approximate surface area is 134 Å². The van der Waals surface area contributed by atoms with Crippen molar-refractivity contribution >= 4 is 50.2 Å². The Balaban J connectivity index is 2.06. The zero-order valence-electron chi connectivity index (χ0n) is 11.5. The Kier molecular flexibility index (Phi) is 3.55. The second-order valence-corrected chi connectivity index (χ2v) is 7.45. The monoisotopic (exact) mass is 361 g/mol. The molecule has 0 spiro atoms. The lowest BCUT2D eigenvalue weighted by molar-refractivity contribution is -0.110. The smallest absolute Gasteiger partial charge is 0.256 e. The van der Waals surface area contributed by atoms with Gasteiger partial charge in [-0.05, 0) is 53.5 Å². The summed E-state index contributed by atoms with van der Waals surface area (Å²) in [6.45, 7) is 3.93. The molecule has 0 radical (unpaired) electrons. The van der Waals surface area contributed by atoms with Crippen LogP contribution in [-0.2, 0) is 4.79 Å². The highest BCUT2D eigenvalue weighted by atomic mass is 79.9. The van der Waals surface area contributed by atoms with E-state index in [4.69, 9.17) is 0 Å². The van der Waals surface area contributed by atoms with Crippen LogP contribution in [0.25, 0.3) is 5.57 Å². The average molecular weight is 362 g/mol. The lowest BCUT2D eigenvalue weighted by atomic mass is 10.00. The average Bonchev–Trinajstić information content (AvgIpc) is 2.96. The fourth-order valence-corrected chi connectivity index (χ4v) is 3.74. The Hall–Kier alpha value is -1.72. The molecule has 0 fully saturated rings. The summed E-state index contributed by atoms with van der Waals surface area (Å²) in [4.78, 5) is 25.0. The molecule has 1 aromatic carbocycles. The Bertz CT molecular complexity index is 805. The first-order valence-electron chi connectivity index (χ1n) is 6.40. The quantitative estimate of drug-likeness (QED) is 0.638. The van der Waals surface area contributed by atoms with Gasteiger partial charge in [0, 0.05) is 11.6 Å². The largest absolute Gasteiger partial charge is 0.321 e. The normalized spacial score (nSPS) is 15.2. The molecule has 106 valence electrons. The molecular weight excluding hydrogens is 350 g/mol. The number of anilines is 1. The third-order valence-corrected chi connectivity index (χ3v) is 4.98. The maximum absolute atomic E-state index is 12.3. The van der Waals surface area contributed by atoms with Crippen molar-refractivity contribution in [3.63, 3.8) is 0 Å². The van der Waals surface area contributed by atoms with Crippen LogP contribution in [0.2, 0.25) is 0 Å². The number of carbonyl (C=O) groups is 2. The van der Waals surface area contributed by atoms with Crippen molar-refractivity contribution in [1.82, 2.24) is 0 Å². The van der Waals surface area contributed by atoms with Crippen LogP contribution in [-0.4, -0.2) is 11.7 Å². The SMILES string of the molecule is Cc1cc(C)c2c(c1)/C(=C/C(=O)c1ccc(Br)s1)C(=O)N2. The van der Waals surface area contributed by atoms with Crippen LogP contribution in [0.3, 0.4) is 0 Å². The van der Waals surface area contributed by atoms with E-state index in [1.807, 2.05) is 32.0 Å². The number of aryl methyl sites for hydroxylation is 2. The summed E-state index contributed by atoms with van der Waals surface area (Å²) in [5, 5.41) is 2.84. The van der Waals surface area contributed by atoms with Crippen molar-refractivity contribution < 1.29 is 9.59 Å². The third kappa shape index (κ3) is 2.59. The molecule has 0 aliphatic carbocycles. The number of thiophene rings is 1. The molecule has 0 saturated heterocycles. The summed E-state index contributed by atoms with van der Waals surface area (Å²) in [5.41, 5.74) is 4.12. The van der Waals surface area contributed by atoms with E-state index in [0.717, 1.165) is 26.2 Å². The number of carbonyl (C=O) groups excluding carboxylic acids is 2. The molecule has 1 aliphatic heterocycles. The number of benzene rings is 1. The predicted octanol–water partition coefficient (Wildman–Crippen LogP) is 4.35. The highest BCUT2D eigenvalue weighted by Gasteiger charge is 2.26.